The molecule has 18 heavy (non-hydrogen) atoms. The first-order valence-corrected chi connectivity index (χ1v) is 7.52. The van der Waals surface area contributed by atoms with Gasteiger partial charge in [0.15, 0.2) is 9.84 Å². The second-order valence-electron chi connectivity index (χ2n) is 4.25. The highest BCUT2D eigenvalue weighted by atomic mass is 32.2. The molecule has 0 bridgehead atoms. The second kappa shape index (κ2) is 4.93. The summed E-state index contributed by atoms with van der Waals surface area (Å²) >= 11 is 0. The summed E-state index contributed by atoms with van der Waals surface area (Å²) in [6, 6.07) is 4.84. The van der Waals surface area contributed by atoms with E-state index in [1.807, 2.05) is 0 Å². The van der Waals surface area contributed by atoms with Gasteiger partial charge in [0.2, 0.25) is 0 Å². The van der Waals surface area contributed by atoms with Crippen LogP contribution in [0.15, 0.2) is 18.2 Å². The van der Waals surface area contributed by atoms with Crippen LogP contribution in [0.1, 0.15) is 16.9 Å². The number of carbonyl (C=O) groups is 1. The number of nitrogen functional groups attached to an aromatic ring is 1. The van der Waals surface area contributed by atoms with Gasteiger partial charge >= 0.3 is 0 Å². The molecule has 0 atom stereocenters. The second-order valence-corrected chi connectivity index (χ2v) is 6.55. The van der Waals surface area contributed by atoms with Gasteiger partial charge in [-0.1, -0.05) is 6.07 Å². The van der Waals surface area contributed by atoms with Crippen LogP contribution in [0.4, 0.5) is 5.82 Å². The molecular weight excluding hydrogens is 254 g/mol. The first-order valence-electron chi connectivity index (χ1n) is 5.70. The molecule has 1 aromatic heterocycles. The fourth-order valence-corrected chi connectivity index (χ4v) is 3.15. The fraction of sp³-hybridized carbons (Fsp3) is 0.455. The molecular formula is C11H15N3O3S. The summed E-state index contributed by atoms with van der Waals surface area (Å²) in [4.78, 5) is 17.6. The lowest BCUT2D eigenvalue weighted by Gasteiger charge is -2.19. The Morgan fingerprint density at radius 3 is 2.78 bits per heavy atom. The third kappa shape index (κ3) is 2.98. The number of aromatic nitrogens is 1. The summed E-state index contributed by atoms with van der Waals surface area (Å²) in [5, 5.41) is 0. The Kier molecular flexibility index (Phi) is 3.51. The van der Waals surface area contributed by atoms with Crippen molar-refractivity contribution in [1.29, 1.82) is 0 Å². The van der Waals surface area contributed by atoms with Crippen molar-refractivity contribution in [2.75, 3.05) is 30.3 Å². The number of nitrogens with zero attached hydrogens (tertiary/aromatic N) is 2. The number of pyridine rings is 1. The van der Waals surface area contributed by atoms with Crippen molar-refractivity contribution in [3.8, 4) is 0 Å². The standard InChI is InChI=1S/C11H15N3O3S/c12-10-4-1-3-9(13-10)11(15)14-5-2-7-18(16,17)8-6-14/h1,3-4H,2,5-8H2,(H2,12,13). The molecule has 6 nitrogen and oxygen atoms in total. The van der Waals surface area contributed by atoms with E-state index in [1.54, 1.807) is 18.2 Å². The molecule has 1 amide bonds. The number of nitrogens with two attached hydrogens (primary N) is 1. The summed E-state index contributed by atoms with van der Waals surface area (Å²) in [6.45, 7) is 0.659. The first-order chi connectivity index (χ1) is 8.48. The van der Waals surface area contributed by atoms with Crippen LogP contribution in [0.2, 0.25) is 0 Å². The van der Waals surface area contributed by atoms with Gasteiger partial charge in [-0.3, -0.25) is 4.79 Å². The van der Waals surface area contributed by atoms with E-state index in [1.165, 1.54) is 4.90 Å². The Morgan fingerprint density at radius 1 is 1.28 bits per heavy atom. The summed E-state index contributed by atoms with van der Waals surface area (Å²) in [6.07, 6.45) is 0.469. The zero-order valence-corrected chi connectivity index (χ0v) is 10.7. The molecule has 1 saturated heterocycles. The lowest BCUT2D eigenvalue weighted by atomic mass is 10.3. The molecule has 1 aromatic rings. The molecule has 7 heteroatoms. The molecule has 1 aliphatic heterocycles. The summed E-state index contributed by atoms with van der Waals surface area (Å²) in [5.41, 5.74) is 5.78. The van der Waals surface area contributed by atoms with Gasteiger partial charge in [0.25, 0.3) is 5.91 Å². The maximum Gasteiger partial charge on any atom is 0.272 e. The molecule has 0 unspecified atom stereocenters. The number of anilines is 1. The van der Waals surface area contributed by atoms with E-state index >= 15 is 0 Å². The molecule has 98 valence electrons. The maximum atomic E-state index is 12.1. The van der Waals surface area contributed by atoms with Crippen molar-refractivity contribution in [2.24, 2.45) is 0 Å². The monoisotopic (exact) mass is 269 g/mol. The number of hydrogen-bond donors (Lipinski definition) is 1. The highest BCUT2D eigenvalue weighted by Crippen LogP contribution is 2.10. The van der Waals surface area contributed by atoms with Crippen LogP contribution < -0.4 is 5.73 Å². The largest absolute Gasteiger partial charge is 0.384 e. The number of sulfone groups is 1. The topological polar surface area (TPSA) is 93.4 Å². The number of hydrogen-bond acceptors (Lipinski definition) is 5. The van der Waals surface area contributed by atoms with Gasteiger partial charge in [-0.05, 0) is 18.6 Å². The normalized spacial score (nSPS) is 19.2. The Labute approximate surface area is 106 Å². The van der Waals surface area contributed by atoms with Gasteiger partial charge in [-0.15, -0.1) is 0 Å². The van der Waals surface area contributed by atoms with Gasteiger partial charge in [-0.25, -0.2) is 13.4 Å². The van der Waals surface area contributed by atoms with Crippen LogP contribution in [0, 0.1) is 0 Å². The Morgan fingerprint density at radius 2 is 2.06 bits per heavy atom. The van der Waals surface area contributed by atoms with Crippen LogP contribution in [0.5, 0.6) is 0 Å². The summed E-state index contributed by atoms with van der Waals surface area (Å²) < 4.78 is 22.9. The quantitative estimate of drug-likeness (QED) is 0.770. The number of amides is 1. The Bertz CT molecular complexity index is 556. The van der Waals surface area contributed by atoms with Crippen molar-refractivity contribution in [1.82, 2.24) is 9.88 Å². The van der Waals surface area contributed by atoms with E-state index < -0.39 is 9.84 Å². The predicted octanol–water partition coefficient (Wildman–Crippen LogP) is -0.0755. The molecule has 0 radical (unpaired) electrons. The van der Waals surface area contributed by atoms with Crippen molar-refractivity contribution in [3.63, 3.8) is 0 Å². The van der Waals surface area contributed by atoms with Crippen LogP contribution >= 0.6 is 0 Å². The van der Waals surface area contributed by atoms with E-state index in [4.69, 9.17) is 5.73 Å². The summed E-state index contributed by atoms with van der Waals surface area (Å²) in [5.74, 6) is 0.171. The minimum Gasteiger partial charge on any atom is -0.384 e. The van der Waals surface area contributed by atoms with Gasteiger partial charge in [0.1, 0.15) is 11.5 Å². The zero-order valence-electron chi connectivity index (χ0n) is 9.87. The fourth-order valence-electron chi connectivity index (χ4n) is 1.87. The Hall–Kier alpha value is -1.63. The third-order valence-corrected chi connectivity index (χ3v) is 4.55. The lowest BCUT2D eigenvalue weighted by Crippen LogP contribution is -2.34. The molecule has 2 N–H and O–H groups in total. The number of rotatable bonds is 1. The minimum atomic E-state index is -3.01. The van der Waals surface area contributed by atoms with Crippen LogP contribution in [0.25, 0.3) is 0 Å². The van der Waals surface area contributed by atoms with Crippen molar-refractivity contribution >= 4 is 21.6 Å². The zero-order chi connectivity index (χ0) is 13.2. The average Bonchev–Trinajstić information content (AvgIpc) is 2.49. The molecule has 0 saturated carbocycles. The van der Waals surface area contributed by atoms with Gasteiger partial charge in [0, 0.05) is 13.1 Å². The molecule has 0 spiro atoms. The van der Waals surface area contributed by atoms with E-state index in [2.05, 4.69) is 4.98 Å². The molecule has 0 aliphatic carbocycles. The molecule has 1 fully saturated rings. The van der Waals surface area contributed by atoms with E-state index in [9.17, 15) is 13.2 Å². The minimum absolute atomic E-state index is 0.0149. The SMILES string of the molecule is Nc1cccc(C(=O)N2CCCS(=O)(=O)CC2)n1. The van der Waals surface area contributed by atoms with Crippen molar-refractivity contribution < 1.29 is 13.2 Å². The van der Waals surface area contributed by atoms with Crippen LogP contribution in [0.3, 0.4) is 0 Å². The van der Waals surface area contributed by atoms with E-state index in [0.29, 0.717) is 13.0 Å². The van der Waals surface area contributed by atoms with Gasteiger partial charge in [-0.2, -0.15) is 0 Å². The van der Waals surface area contributed by atoms with Gasteiger partial charge < -0.3 is 10.6 Å². The Balaban J connectivity index is 2.14. The maximum absolute atomic E-state index is 12.1. The smallest absolute Gasteiger partial charge is 0.272 e. The highest BCUT2D eigenvalue weighted by Gasteiger charge is 2.23. The molecule has 0 aromatic carbocycles. The number of carbonyl (C=O) groups excluding carboxylic acids is 1. The van der Waals surface area contributed by atoms with Gasteiger partial charge in [0.05, 0.1) is 11.5 Å². The van der Waals surface area contributed by atoms with Crippen molar-refractivity contribution in [3.05, 3.63) is 23.9 Å². The van der Waals surface area contributed by atoms with Crippen molar-refractivity contribution in [2.45, 2.75) is 6.42 Å². The third-order valence-electron chi connectivity index (χ3n) is 2.83. The average molecular weight is 269 g/mol. The summed E-state index contributed by atoms with van der Waals surface area (Å²) in [7, 11) is -3.01. The van der Waals surface area contributed by atoms with Crippen LogP contribution in [-0.2, 0) is 9.84 Å². The molecule has 2 rings (SSSR count). The van der Waals surface area contributed by atoms with E-state index in [0.717, 1.165) is 0 Å². The molecule has 2 heterocycles. The predicted molar refractivity (Wildman–Crippen MR) is 67.8 cm³/mol. The first kappa shape index (κ1) is 12.8. The lowest BCUT2D eigenvalue weighted by molar-refractivity contribution is 0.0763. The molecule has 1 aliphatic rings. The van der Waals surface area contributed by atoms with Crippen LogP contribution in [-0.4, -0.2) is 48.8 Å². The highest BCUT2D eigenvalue weighted by molar-refractivity contribution is 7.91. The van der Waals surface area contributed by atoms with E-state index in [-0.39, 0.29) is 35.5 Å².